The summed E-state index contributed by atoms with van der Waals surface area (Å²) in [5.74, 6) is 0.978. The molecule has 0 N–H and O–H groups in total. The molecule has 0 spiro atoms. The van der Waals surface area contributed by atoms with Gasteiger partial charge in [-0.25, -0.2) is 4.39 Å². The lowest BCUT2D eigenvalue weighted by Gasteiger charge is -2.35. The third kappa shape index (κ3) is 3.45. The fourth-order valence-electron chi connectivity index (χ4n) is 4.56. The molecule has 1 aliphatic heterocycles. The first-order valence-electron chi connectivity index (χ1n) is 10.7. The molecule has 2 aromatic heterocycles. The maximum absolute atomic E-state index is 14.4. The second-order valence-corrected chi connectivity index (χ2v) is 9.14. The molecule has 0 aliphatic carbocycles. The van der Waals surface area contributed by atoms with E-state index in [0.29, 0.717) is 34.2 Å². The van der Waals surface area contributed by atoms with Crippen molar-refractivity contribution >= 4 is 27.5 Å². The minimum absolute atomic E-state index is 0.0383. The van der Waals surface area contributed by atoms with E-state index in [9.17, 15) is 9.18 Å². The number of thiophene rings is 1. The zero-order chi connectivity index (χ0) is 23.3. The molecule has 1 amide bonds. The van der Waals surface area contributed by atoms with Crippen molar-refractivity contribution in [3.63, 3.8) is 0 Å². The number of nitrogens with zero attached hydrogens (tertiary/aromatic N) is 3. The molecule has 3 heterocycles. The van der Waals surface area contributed by atoms with E-state index in [1.165, 1.54) is 17.4 Å². The molecule has 1 atom stereocenters. The van der Waals surface area contributed by atoms with Gasteiger partial charge in [0.25, 0.3) is 5.91 Å². The number of methoxy groups -OCH3 is 2. The molecule has 33 heavy (non-hydrogen) atoms. The van der Waals surface area contributed by atoms with Crippen molar-refractivity contribution in [2.24, 2.45) is 7.05 Å². The molecular formula is C25H24FN3O3S. The first kappa shape index (κ1) is 21.5. The van der Waals surface area contributed by atoms with Crippen LogP contribution in [0.1, 0.15) is 33.8 Å². The van der Waals surface area contributed by atoms with Crippen LogP contribution in [0.2, 0.25) is 0 Å². The highest BCUT2D eigenvalue weighted by atomic mass is 32.1. The number of carbonyl (C=O) groups is 1. The molecule has 0 fully saturated rings. The van der Waals surface area contributed by atoms with E-state index in [1.807, 2.05) is 37.1 Å². The first-order valence-corrected chi connectivity index (χ1v) is 11.5. The fourth-order valence-corrected chi connectivity index (χ4v) is 5.59. The van der Waals surface area contributed by atoms with Gasteiger partial charge < -0.3 is 14.4 Å². The number of hydrogen-bond donors (Lipinski definition) is 0. The predicted octanol–water partition coefficient (Wildman–Crippen LogP) is 5.22. The van der Waals surface area contributed by atoms with Gasteiger partial charge >= 0.3 is 0 Å². The average Bonchev–Trinajstić information content (AvgIpc) is 3.39. The van der Waals surface area contributed by atoms with Gasteiger partial charge in [0, 0.05) is 24.5 Å². The van der Waals surface area contributed by atoms with Gasteiger partial charge in [0.2, 0.25) is 0 Å². The van der Waals surface area contributed by atoms with Gasteiger partial charge in [-0.2, -0.15) is 5.10 Å². The molecule has 1 aliphatic rings. The van der Waals surface area contributed by atoms with Gasteiger partial charge in [-0.15, -0.1) is 11.3 Å². The molecule has 1 unspecified atom stereocenters. The van der Waals surface area contributed by atoms with E-state index in [1.54, 1.807) is 37.1 Å². The molecule has 2 aromatic carbocycles. The zero-order valence-electron chi connectivity index (χ0n) is 18.9. The van der Waals surface area contributed by atoms with Crippen molar-refractivity contribution < 1.29 is 18.7 Å². The van der Waals surface area contributed by atoms with Crippen molar-refractivity contribution in [2.75, 3.05) is 20.8 Å². The summed E-state index contributed by atoms with van der Waals surface area (Å²) in [6, 6.07) is 12.3. The van der Waals surface area contributed by atoms with Crippen molar-refractivity contribution in [1.29, 1.82) is 0 Å². The zero-order valence-corrected chi connectivity index (χ0v) is 19.7. The molecule has 0 saturated heterocycles. The Hall–Kier alpha value is -3.39. The van der Waals surface area contributed by atoms with Gasteiger partial charge in [0.1, 0.15) is 16.3 Å². The molecule has 8 heteroatoms. The summed E-state index contributed by atoms with van der Waals surface area (Å²) in [7, 11) is 5.05. The number of ether oxygens (including phenoxy) is 2. The number of halogens is 1. The molecule has 0 radical (unpaired) electrons. The third-order valence-electron chi connectivity index (χ3n) is 6.30. The first-order chi connectivity index (χ1) is 15.9. The maximum Gasteiger partial charge on any atom is 0.264 e. The van der Waals surface area contributed by atoms with Crippen LogP contribution in [0.15, 0.2) is 42.5 Å². The van der Waals surface area contributed by atoms with Crippen LogP contribution in [-0.4, -0.2) is 41.4 Å². The van der Waals surface area contributed by atoms with Gasteiger partial charge in [-0.05, 0) is 54.8 Å². The highest BCUT2D eigenvalue weighted by Gasteiger charge is 2.31. The van der Waals surface area contributed by atoms with E-state index < -0.39 is 0 Å². The van der Waals surface area contributed by atoms with E-state index in [4.69, 9.17) is 9.47 Å². The Morgan fingerprint density at radius 2 is 1.88 bits per heavy atom. The second kappa shape index (κ2) is 8.19. The van der Waals surface area contributed by atoms with Gasteiger partial charge in [0.05, 0.1) is 25.1 Å². The minimum atomic E-state index is -0.331. The fraction of sp³-hybridized carbons (Fsp3) is 0.280. The van der Waals surface area contributed by atoms with Crippen LogP contribution in [0.4, 0.5) is 4.39 Å². The van der Waals surface area contributed by atoms with Gasteiger partial charge in [-0.1, -0.05) is 12.1 Å². The Bertz CT molecular complexity index is 1380. The molecule has 5 rings (SSSR count). The minimum Gasteiger partial charge on any atom is -0.493 e. The van der Waals surface area contributed by atoms with E-state index >= 15 is 0 Å². The maximum atomic E-state index is 14.4. The highest BCUT2D eigenvalue weighted by Crippen LogP contribution is 2.40. The van der Waals surface area contributed by atoms with E-state index in [0.717, 1.165) is 27.8 Å². The Balaban J connectivity index is 1.51. The normalized spacial score (nSPS) is 15.5. The Morgan fingerprint density at radius 3 is 2.61 bits per heavy atom. The molecule has 0 saturated carbocycles. The highest BCUT2D eigenvalue weighted by molar-refractivity contribution is 7.20. The topological polar surface area (TPSA) is 56.6 Å². The molecule has 4 aromatic rings. The summed E-state index contributed by atoms with van der Waals surface area (Å²) in [5, 5.41) is 5.29. The van der Waals surface area contributed by atoms with Crippen LogP contribution in [0, 0.1) is 5.82 Å². The van der Waals surface area contributed by atoms with Crippen LogP contribution in [0.5, 0.6) is 11.5 Å². The smallest absolute Gasteiger partial charge is 0.264 e. The van der Waals surface area contributed by atoms with Crippen molar-refractivity contribution in [3.8, 4) is 22.8 Å². The van der Waals surface area contributed by atoms with Gasteiger partial charge in [-0.3, -0.25) is 9.48 Å². The monoisotopic (exact) mass is 465 g/mol. The lowest BCUT2D eigenvalue weighted by atomic mass is 9.92. The Kier molecular flexibility index (Phi) is 5.32. The standard InChI is InChI=1S/C25H24FN3O3S/c1-14-17-12-21(32-4)20(31-3)11-15(17)9-10-29(14)24(30)22-13-18-23(27-28(2)25(18)33-22)16-7-5-6-8-19(16)26/h5-8,11-14H,9-10H2,1-4H3. The van der Waals surface area contributed by atoms with Crippen LogP contribution in [0.25, 0.3) is 21.5 Å². The number of fused-ring (bicyclic) bond motifs is 2. The number of carbonyl (C=O) groups excluding carboxylic acids is 1. The molecule has 6 nitrogen and oxygen atoms in total. The molecule has 170 valence electrons. The Labute approximate surface area is 195 Å². The van der Waals surface area contributed by atoms with Crippen LogP contribution in [-0.2, 0) is 13.5 Å². The second-order valence-electron chi connectivity index (χ2n) is 8.11. The van der Waals surface area contributed by atoms with Crippen molar-refractivity contribution in [1.82, 2.24) is 14.7 Å². The van der Waals surface area contributed by atoms with Crippen LogP contribution >= 0.6 is 11.3 Å². The lowest BCUT2D eigenvalue weighted by molar-refractivity contribution is 0.0682. The quantitative estimate of drug-likeness (QED) is 0.415. The summed E-state index contributed by atoms with van der Waals surface area (Å²) < 4.78 is 27.1. The predicted molar refractivity (Wildman–Crippen MR) is 127 cm³/mol. The summed E-state index contributed by atoms with van der Waals surface area (Å²) in [4.78, 5) is 16.9. The number of amides is 1. The number of aryl methyl sites for hydroxylation is 1. The molecule has 0 bridgehead atoms. The van der Waals surface area contributed by atoms with E-state index in [2.05, 4.69) is 5.10 Å². The van der Waals surface area contributed by atoms with Gasteiger partial charge in [0.15, 0.2) is 11.5 Å². The van der Waals surface area contributed by atoms with E-state index in [-0.39, 0.29) is 17.8 Å². The molecular weight excluding hydrogens is 441 g/mol. The summed E-state index contributed by atoms with van der Waals surface area (Å²) >= 11 is 1.39. The summed E-state index contributed by atoms with van der Waals surface area (Å²) in [5.41, 5.74) is 3.20. The number of aromatic nitrogens is 2. The van der Waals surface area contributed by atoms with Crippen LogP contribution in [0.3, 0.4) is 0 Å². The third-order valence-corrected chi connectivity index (χ3v) is 7.49. The number of rotatable bonds is 4. The van der Waals surface area contributed by atoms with Crippen molar-refractivity contribution in [2.45, 2.75) is 19.4 Å². The average molecular weight is 466 g/mol. The SMILES string of the molecule is COc1cc2c(cc1OC)C(C)N(C(=O)c1cc3c(-c4ccccc4F)nn(C)c3s1)CC2. The van der Waals surface area contributed by atoms with Crippen molar-refractivity contribution in [3.05, 3.63) is 64.3 Å². The summed E-state index contributed by atoms with van der Waals surface area (Å²) in [6.45, 7) is 2.64. The lowest BCUT2D eigenvalue weighted by Crippen LogP contribution is -2.38. The number of hydrogen-bond acceptors (Lipinski definition) is 5. The number of benzene rings is 2. The Morgan fingerprint density at radius 1 is 1.15 bits per heavy atom. The summed E-state index contributed by atoms with van der Waals surface area (Å²) in [6.07, 6.45) is 0.735. The largest absolute Gasteiger partial charge is 0.493 e. The van der Waals surface area contributed by atoms with Crippen LogP contribution < -0.4 is 9.47 Å².